The Hall–Kier alpha value is -0.470. The van der Waals surface area contributed by atoms with E-state index in [0.717, 1.165) is 57.8 Å². The van der Waals surface area contributed by atoms with Crippen molar-refractivity contribution in [3.63, 3.8) is 0 Å². The summed E-state index contributed by atoms with van der Waals surface area (Å²) < 4.78 is 33.4. The molecule has 2 fully saturated rings. The highest BCUT2D eigenvalue weighted by atomic mass is 32.2. The van der Waals surface area contributed by atoms with Gasteiger partial charge in [-0.05, 0) is 63.1 Å². The zero-order chi connectivity index (χ0) is 16.3. The standard InChI is InChI=1S/C16H26N2O3S2/c1-13-11-14(6-9-21-13)12-18-7-4-15(5-8-18)17-23(19,20)16-3-2-10-22-16/h2-3,10,13-15,17H,4-9,11-12H2,1H3. The summed E-state index contributed by atoms with van der Waals surface area (Å²) in [6, 6.07) is 3.50. The molecule has 0 amide bonds. The van der Waals surface area contributed by atoms with Gasteiger partial charge in [0.2, 0.25) is 10.0 Å². The fourth-order valence-corrected chi connectivity index (χ4v) is 5.86. The molecule has 1 aromatic rings. The molecule has 23 heavy (non-hydrogen) atoms. The van der Waals surface area contributed by atoms with Crippen LogP contribution in [0.15, 0.2) is 21.7 Å². The van der Waals surface area contributed by atoms with Crippen molar-refractivity contribution in [3.05, 3.63) is 17.5 Å². The monoisotopic (exact) mass is 358 g/mol. The summed E-state index contributed by atoms with van der Waals surface area (Å²) in [5.41, 5.74) is 0. The van der Waals surface area contributed by atoms with Gasteiger partial charge >= 0.3 is 0 Å². The van der Waals surface area contributed by atoms with Gasteiger partial charge in [-0.25, -0.2) is 13.1 Å². The lowest BCUT2D eigenvalue weighted by Crippen LogP contribution is -2.46. The summed E-state index contributed by atoms with van der Waals surface area (Å²) in [6.45, 7) is 6.10. The van der Waals surface area contributed by atoms with E-state index in [9.17, 15) is 8.42 Å². The average Bonchev–Trinajstić information content (AvgIpc) is 3.04. The van der Waals surface area contributed by atoms with Crippen LogP contribution in [0.3, 0.4) is 0 Å². The van der Waals surface area contributed by atoms with Crippen molar-refractivity contribution in [3.8, 4) is 0 Å². The normalized spacial score (nSPS) is 28.0. The lowest BCUT2D eigenvalue weighted by molar-refractivity contribution is -0.00726. The van der Waals surface area contributed by atoms with Crippen molar-refractivity contribution in [1.82, 2.24) is 9.62 Å². The number of sulfonamides is 1. The van der Waals surface area contributed by atoms with Crippen LogP contribution in [0.5, 0.6) is 0 Å². The Morgan fingerprint density at radius 2 is 2.13 bits per heavy atom. The molecule has 0 bridgehead atoms. The molecule has 3 heterocycles. The first-order chi connectivity index (χ1) is 11.0. The fourth-order valence-electron chi connectivity index (χ4n) is 3.55. The Kier molecular flexibility index (Phi) is 5.74. The summed E-state index contributed by atoms with van der Waals surface area (Å²) >= 11 is 1.27. The molecule has 1 N–H and O–H groups in total. The van der Waals surface area contributed by atoms with E-state index in [2.05, 4.69) is 16.5 Å². The maximum Gasteiger partial charge on any atom is 0.250 e. The van der Waals surface area contributed by atoms with Gasteiger partial charge in [0.25, 0.3) is 0 Å². The Labute approximate surface area is 143 Å². The second kappa shape index (κ2) is 7.61. The van der Waals surface area contributed by atoms with E-state index < -0.39 is 10.0 Å². The number of nitrogens with one attached hydrogen (secondary N) is 1. The van der Waals surface area contributed by atoms with Crippen LogP contribution in [0.4, 0.5) is 0 Å². The quantitative estimate of drug-likeness (QED) is 0.877. The van der Waals surface area contributed by atoms with Gasteiger partial charge in [0.15, 0.2) is 0 Å². The molecule has 0 aliphatic carbocycles. The topological polar surface area (TPSA) is 58.6 Å². The Morgan fingerprint density at radius 1 is 1.35 bits per heavy atom. The molecule has 5 nitrogen and oxygen atoms in total. The van der Waals surface area contributed by atoms with Gasteiger partial charge in [-0.15, -0.1) is 11.3 Å². The third kappa shape index (κ3) is 4.76. The smallest absolute Gasteiger partial charge is 0.250 e. The van der Waals surface area contributed by atoms with Crippen molar-refractivity contribution in [1.29, 1.82) is 0 Å². The lowest BCUT2D eigenvalue weighted by atomic mass is 9.94. The molecule has 2 aliphatic heterocycles. The fraction of sp³-hybridized carbons (Fsp3) is 0.750. The Balaban J connectivity index is 1.45. The third-order valence-electron chi connectivity index (χ3n) is 4.78. The molecule has 3 rings (SSSR count). The summed E-state index contributed by atoms with van der Waals surface area (Å²) in [7, 11) is -3.34. The van der Waals surface area contributed by atoms with Gasteiger partial charge in [0.05, 0.1) is 6.10 Å². The van der Waals surface area contributed by atoms with Crippen molar-refractivity contribution < 1.29 is 13.2 Å². The molecule has 2 saturated heterocycles. The number of ether oxygens (including phenoxy) is 1. The Bertz CT molecular complexity index is 580. The van der Waals surface area contributed by atoms with Crippen molar-refractivity contribution in [2.45, 2.75) is 49.0 Å². The molecule has 130 valence electrons. The third-order valence-corrected chi connectivity index (χ3v) is 7.70. The zero-order valence-electron chi connectivity index (χ0n) is 13.6. The molecular weight excluding hydrogens is 332 g/mol. The highest BCUT2D eigenvalue weighted by Crippen LogP contribution is 2.23. The SMILES string of the molecule is CC1CC(CN2CCC(NS(=O)(=O)c3cccs3)CC2)CCO1. The molecule has 7 heteroatoms. The molecule has 0 spiro atoms. The first-order valence-corrected chi connectivity index (χ1v) is 10.8. The minimum atomic E-state index is -3.34. The van der Waals surface area contributed by atoms with Crippen LogP contribution in [0.25, 0.3) is 0 Å². The second-order valence-corrected chi connectivity index (χ2v) is 9.59. The molecule has 0 radical (unpaired) electrons. The van der Waals surface area contributed by atoms with Crippen LogP contribution >= 0.6 is 11.3 Å². The van der Waals surface area contributed by atoms with Crippen molar-refractivity contribution >= 4 is 21.4 Å². The Morgan fingerprint density at radius 3 is 2.78 bits per heavy atom. The van der Waals surface area contributed by atoms with E-state index in [4.69, 9.17) is 4.74 Å². The van der Waals surface area contributed by atoms with Gasteiger partial charge in [-0.1, -0.05) is 6.07 Å². The predicted molar refractivity (Wildman–Crippen MR) is 92.2 cm³/mol. The summed E-state index contributed by atoms with van der Waals surface area (Å²) in [5.74, 6) is 0.720. The van der Waals surface area contributed by atoms with Crippen LogP contribution in [0, 0.1) is 5.92 Å². The second-order valence-electron chi connectivity index (χ2n) is 6.70. The molecule has 2 aliphatic rings. The summed E-state index contributed by atoms with van der Waals surface area (Å²) in [4.78, 5) is 2.48. The highest BCUT2D eigenvalue weighted by Gasteiger charge is 2.27. The van der Waals surface area contributed by atoms with Gasteiger partial charge in [0.1, 0.15) is 4.21 Å². The van der Waals surface area contributed by atoms with Crippen LogP contribution in [-0.4, -0.2) is 51.7 Å². The number of hydrogen-bond donors (Lipinski definition) is 1. The maximum absolute atomic E-state index is 12.3. The van der Waals surface area contributed by atoms with Crippen molar-refractivity contribution in [2.24, 2.45) is 5.92 Å². The van der Waals surface area contributed by atoms with Gasteiger partial charge < -0.3 is 9.64 Å². The number of hydrogen-bond acceptors (Lipinski definition) is 5. The van der Waals surface area contributed by atoms with E-state index in [1.807, 2.05) is 0 Å². The molecule has 0 aromatic carbocycles. The minimum Gasteiger partial charge on any atom is -0.378 e. The average molecular weight is 359 g/mol. The molecule has 2 atom stereocenters. The van der Waals surface area contributed by atoms with Crippen LogP contribution in [0.1, 0.15) is 32.6 Å². The molecular formula is C16H26N2O3S2. The lowest BCUT2D eigenvalue weighted by Gasteiger charge is -2.36. The van der Waals surface area contributed by atoms with Crippen LogP contribution < -0.4 is 4.72 Å². The summed E-state index contributed by atoms with van der Waals surface area (Å²) in [6.07, 6.45) is 4.45. The van der Waals surface area contributed by atoms with E-state index >= 15 is 0 Å². The number of thiophene rings is 1. The maximum atomic E-state index is 12.3. The highest BCUT2D eigenvalue weighted by molar-refractivity contribution is 7.91. The summed E-state index contributed by atoms with van der Waals surface area (Å²) in [5, 5.41) is 1.80. The first kappa shape index (κ1) is 17.4. The van der Waals surface area contributed by atoms with Crippen LogP contribution in [-0.2, 0) is 14.8 Å². The van der Waals surface area contributed by atoms with Gasteiger partial charge in [0, 0.05) is 19.2 Å². The number of rotatable bonds is 5. The van der Waals surface area contributed by atoms with E-state index in [-0.39, 0.29) is 6.04 Å². The number of likely N-dealkylation sites (tertiary alicyclic amines) is 1. The number of piperidine rings is 1. The minimum absolute atomic E-state index is 0.0620. The van der Waals surface area contributed by atoms with Crippen molar-refractivity contribution in [2.75, 3.05) is 26.2 Å². The predicted octanol–water partition coefficient (Wildman–Crippen LogP) is 2.31. The zero-order valence-corrected chi connectivity index (χ0v) is 15.2. The van der Waals surface area contributed by atoms with E-state index in [1.165, 1.54) is 11.3 Å². The van der Waals surface area contributed by atoms with E-state index in [0.29, 0.717) is 10.3 Å². The largest absolute Gasteiger partial charge is 0.378 e. The number of nitrogens with zero attached hydrogens (tertiary/aromatic N) is 1. The first-order valence-electron chi connectivity index (χ1n) is 8.43. The van der Waals surface area contributed by atoms with Gasteiger partial charge in [-0.3, -0.25) is 0 Å². The van der Waals surface area contributed by atoms with E-state index in [1.54, 1.807) is 17.5 Å². The molecule has 0 saturated carbocycles. The molecule has 1 aromatic heterocycles. The van der Waals surface area contributed by atoms with Gasteiger partial charge in [-0.2, -0.15) is 0 Å². The van der Waals surface area contributed by atoms with Crippen LogP contribution in [0.2, 0.25) is 0 Å². The molecule has 2 unspecified atom stereocenters.